The van der Waals surface area contributed by atoms with E-state index in [1.165, 1.54) is 6.92 Å². The molecule has 2 atom stereocenters. The predicted octanol–water partition coefficient (Wildman–Crippen LogP) is 4.78. The Morgan fingerprint density at radius 2 is 2.00 bits per heavy atom. The molecular weight excluding hydrogens is 434 g/mol. The number of aromatic nitrogens is 2. The molecular formula is C25H29N5O2S. The van der Waals surface area contributed by atoms with Gasteiger partial charge in [-0.05, 0) is 75.0 Å². The highest BCUT2D eigenvalue weighted by atomic mass is 32.1. The maximum Gasteiger partial charge on any atom is 0.221 e. The first kappa shape index (κ1) is 22.8. The lowest BCUT2D eigenvalue weighted by molar-refractivity contribution is -0.114. The number of benzene rings is 1. The number of methoxy groups -OCH3 is 1. The molecule has 3 heterocycles. The Morgan fingerprint density at radius 1 is 1.21 bits per heavy atom. The Balaban J connectivity index is 1.83. The summed E-state index contributed by atoms with van der Waals surface area (Å²) in [4.78, 5) is 18.5. The third-order valence-electron chi connectivity index (χ3n) is 5.70. The second-order valence-corrected chi connectivity index (χ2v) is 9.47. The summed E-state index contributed by atoms with van der Waals surface area (Å²) in [6, 6.07) is 13.4. The largest absolute Gasteiger partial charge is 0.495 e. The summed E-state index contributed by atoms with van der Waals surface area (Å²) in [7, 11) is 1.58. The first-order valence-electron chi connectivity index (χ1n) is 10.8. The van der Waals surface area contributed by atoms with Gasteiger partial charge in [0.15, 0.2) is 5.11 Å². The maximum absolute atomic E-state index is 11.8. The summed E-state index contributed by atoms with van der Waals surface area (Å²) in [5.74, 6) is 0.418. The van der Waals surface area contributed by atoms with E-state index in [2.05, 4.69) is 64.3 Å². The molecule has 1 amide bonds. The lowest BCUT2D eigenvalue weighted by Gasteiger charge is -2.28. The molecule has 0 aliphatic carbocycles. The molecule has 0 unspecified atom stereocenters. The van der Waals surface area contributed by atoms with Crippen LogP contribution in [-0.2, 0) is 10.3 Å². The number of ether oxygens (including phenoxy) is 1. The van der Waals surface area contributed by atoms with Crippen LogP contribution in [0.1, 0.15) is 51.0 Å². The van der Waals surface area contributed by atoms with Crippen molar-refractivity contribution in [1.29, 1.82) is 0 Å². The molecule has 8 heteroatoms. The summed E-state index contributed by atoms with van der Waals surface area (Å²) in [6.45, 7) is 7.99. The molecule has 0 radical (unpaired) electrons. The van der Waals surface area contributed by atoms with Crippen LogP contribution < -0.4 is 20.3 Å². The number of nitrogens with one attached hydrogen (secondary N) is 2. The fraction of sp³-hybridized carbons (Fsp3) is 0.320. The van der Waals surface area contributed by atoms with Crippen LogP contribution in [0.5, 0.6) is 5.75 Å². The molecule has 1 aliphatic heterocycles. The van der Waals surface area contributed by atoms with E-state index < -0.39 is 0 Å². The predicted molar refractivity (Wildman–Crippen MR) is 135 cm³/mol. The van der Waals surface area contributed by atoms with Crippen molar-refractivity contribution < 1.29 is 9.53 Å². The zero-order valence-electron chi connectivity index (χ0n) is 19.5. The zero-order valence-corrected chi connectivity index (χ0v) is 20.3. The van der Waals surface area contributed by atoms with Crippen LogP contribution in [0.2, 0.25) is 0 Å². The van der Waals surface area contributed by atoms with E-state index in [9.17, 15) is 4.79 Å². The molecule has 3 aromatic rings. The van der Waals surface area contributed by atoms with E-state index in [4.69, 9.17) is 17.0 Å². The first-order chi connectivity index (χ1) is 15.7. The Bertz CT molecular complexity index is 1170. The number of thiocarbonyl (C=S) groups is 1. The molecule has 0 saturated carbocycles. The molecule has 1 aliphatic rings. The molecule has 1 saturated heterocycles. The highest BCUT2D eigenvalue weighted by Gasteiger charge is 2.41. The van der Waals surface area contributed by atoms with Gasteiger partial charge < -0.3 is 24.8 Å². The van der Waals surface area contributed by atoms with Crippen molar-refractivity contribution in [2.24, 2.45) is 0 Å². The van der Waals surface area contributed by atoms with Crippen LogP contribution in [-0.4, -0.2) is 27.7 Å². The number of carbonyl (C=O) groups is 1. The minimum atomic E-state index is -0.169. The van der Waals surface area contributed by atoms with Gasteiger partial charge in [0.1, 0.15) is 5.75 Å². The number of anilines is 2. The number of hydrogen-bond acceptors (Lipinski definition) is 4. The lowest BCUT2D eigenvalue weighted by Crippen LogP contribution is -2.29. The fourth-order valence-corrected chi connectivity index (χ4v) is 4.46. The summed E-state index contributed by atoms with van der Waals surface area (Å²) in [6.07, 6.45) is 6.06. The van der Waals surface area contributed by atoms with Gasteiger partial charge in [0, 0.05) is 36.7 Å². The van der Waals surface area contributed by atoms with Gasteiger partial charge in [-0.15, -0.1) is 0 Å². The standard InChI is InChI=1S/C25H29N5O2S/c1-16(31)27-20-14-18(9-10-21(20)32-5)30-23(17-11-13-29(15-17)25(2,3)4)22(28-24(30)33)19-8-6-7-12-26-19/h6-15,22-23H,1-5H3,(H,27,31)(H,28,33)/t22-,23-/m1/s1. The van der Waals surface area contributed by atoms with E-state index in [0.29, 0.717) is 16.5 Å². The highest BCUT2D eigenvalue weighted by Crippen LogP contribution is 2.43. The van der Waals surface area contributed by atoms with Gasteiger partial charge in [-0.25, -0.2) is 0 Å². The van der Waals surface area contributed by atoms with Crippen molar-refractivity contribution in [3.8, 4) is 5.75 Å². The number of amides is 1. The smallest absolute Gasteiger partial charge is 0.221 e. The Kier molecular flexibility index (Phi) is 6.12. The third kappa shape index (κ3) is 4.57. The minimum absolute atomic E-state index is 0.0468. The average Bonchev–Trinajstić information content (AvgIpc) is 3.38. The molecule has 4 rings (SSSR count). The lowest BCUT2D eigenvalue weighted by atomic mass is 9.98. The molecule has 1 fully saturated rings. The van der Waals surface area contributed by atoms with Crippen LogP contribution >= 0.6 is 12.2 Å². The van der Waals surface area contributed by atoms with Gasteiger partial charge in [0.2, 0.25) is 5.91 Å². The van der Waals surface area contributed by atoms with Crippen molar-refractivity contribution in [1.82, 2.24) is 14.9 Å². The number of nitrogens with zero attached hydrogens (tertiary/aromatic N) is 3. The van der Waals surface area contributed by atoms with Crippen LogP contribution in [0.15, 0.2) is 61.1 Å². The van der Waals surface area contributed by atoms with Crippen molar-refractivity contribution in [3.05, 3.63) is 72.3 Å². The number of rotatable bonds is 5. The number of hydrogen-bond donors (Lipinski definition) is 2. The zero-order chi connectivity index (χ0) is 23.8. The molecule has 0 spiro atoms. The summed E-state index contributed by atoms with van der Waals surface area (Å²) in [5, 5.41) is 6.92. The normalized spacial score (nSPS) is 18.2. The van der Waals surface area contributed by atoms with Gasteiger partial charge in [0.25, 0.3) is 0 Å². The second-order valence-electron chi connectivity index (χ2n) is 9.09. The Hall–Kier alpha value is -3.39. The van der Waals surface area contributed by atoms with E-state index in [0.717, 1.165) is 16.9 Å². The molecule has 1 aromatic carbocycles. The number of pyridine rings is 1. The van der Waals surface area contributed by atoms with Crippen LogP contribution in [0.25, 0.3) is 0 Å². The van der Waals surface area contributed by atoms with Crippen LogP contribution in [0, 0.1) is 0 Å². The molecule has 2 N–H and O–H groups in total. The third-order valence-corrected chi connectivity index (χ3v) is 6.02. The highest BCUT2D eigenvalue weighted by molar-refractivity contribution is 7.80. The van der Waals surface area contributed by atoms with Gasteiger partial charge in [0.05, 0.1) is 30.6 Å². The van der Waals surface area contributed by atoms with Crippen molar-refractivity contribution in [2.75, 3.05) is 17.3 Å². The summed E-state index contributed by atoms with van der Waals surface area (Å²) < 4.78 is 7.64. The average molecular weight is 464 g/mol. The van der Waals surface area contributed by atoms with E-state index in [1.807, 2.05) is 36.4 Å². The van der Waals surface area contributed by atoms with Gasteiger partial charge >= 0.3 is 0 Å². The quantitative estimate of drug-likeness (QED) is 0.531. The fourth-order valence-electron chi connectivity index (χ4n) is 4.11. The molecule has 0 bridgehead atoms. The summed E-state index contributed by atoms with van der Waals surface area (Å²) >= 11 is 5.81. The number of carbonyl (C=O) groups excluding carboxylic acids is 1. The molecule has 33 heavy (non-hydrogen) atoms. The Morgan fingerprint density at radius 3 is 2.61 bits per heavy atom. The van der Waals surface area contributed by atoms with Crippen LogP contribution in [0.4, 0.5) is 11.4 Å². The van der Waals surface area contributed by atoms with Crippen LogP contribution in [0.3, 0.4) is 0 Å². The monoisotopic (exact) mass is 463 g/mol. The van der Waals surface area contributed by atoms with Gasteiger partial charge in [-0.2, -0.15) is 0 Å². The minimum Gasteiger partial charge on any atom is -0.495 e. The second kappa shape index (κ2) is 8.86. The topological polar surface area (TPSA) is 71.4 Å². The molecule has 2 aromatic heterocycles. The molecule has 7 nitrogen and oxygen atoms in total. The van der Waals surface area contributed by atoms with Gasteiger partial charge in [-0.1, -0.05) is 6.07 Å². The van der Waals surface area contributed by atoms with E-state index in [1.54, 1.807) is 13.3 Å². The van der Waals surface area contributed by atoms with E-state index in [-0.39, 0.29) is 23.5 Å². The van der Waals surface area contributed by atoms with E-state index >= 15 is 0 Å². The molecule has 172 valence electrons. The summed E-state index contributed by atoms with van der Waals surface area (Å²) in [5.41, 5.74) is 3.42. The van der Waals surface area contributed by atoms with Gasteiger partial charge in [-0.3, -0.25) is 9.78 Å². The van der Waals surface area contributed by atoms with Crippen molar-refractivity contribution >= 4 is 34.6 Å². The van der Waals surface area contributed by atoms with Crippen molar-refractivity contribution in [3.63, 3.8) is 0 Å². The first-order valence-corrected chi connectivity index (χ1v) is 11.2. The SMILES string of the molecule is COc1ccc(N2C(=S)N[C@H](c3ccccn3)[C@H]2c2ccn(C(C)(C)C)c2)cc1NC(C)=O. The van der Waals surface area contributed by atoms with Crippen molar-refractivity contribution in [2.45, 2.75) is 45.3 Å². The Labute approximate surface area is 199 Å². The maximum atomic E-state index is 11.8.